The van der Waals surface area contributed by atoms with Crippen molar-refractivity contribution < 1.29 is 38.5 Å². The third-order valence-corrected chi connectivity index (χ3v) is 5.90. The Morgan fingerprint density at radius 1 is 0.946 bits per heavy atom. The number of guanidine groups is 1. The fourth-order valence-electron chi connectivity index (χ4n) is 3.18. The number of aliphatic hydroxyl groups excluding tert-OH is 1. The maximum atomic E-state index is 13.5. The van der Waals surface area contributed by atoms with Gasteiger partial charge in [-0.2, -0.15) is 0 Å². The molecule has 0 saturated heterocycles. The van der Waals surface area contributed by atoms with Crippen molar-refractivity contribution in [1.82, 2.24) is 15.3 Å². The number of carbonyl (C=O) groups is 4. The molecule has 2 heterocycles. The first-order valence-electron chi connectivity index (χ1n) is 11.3. The van der Waals surface area contributed by atoms with Crippen molar-refractivity contribution >= 4 is 62.4 Å². The van der Waals surface area contributed by atoms with Gasteiger partial charge in [-0.15, -0.1) is 0 Å². The molecule has 1 aliphatic rings. The molecule has 13 nitrogen and oxygen atoms in total. The number of halogens is 1. The van der Waals surface area contributed by atoms with Crippen molar-refractivity contribution in [1.29, 1.82) is 0 Å². The van der Waals surface area contributed by atoms with Gasteiger partial charge in [0.15, 0.2) is 18.3 Å². The van der Waals surface area contributed by atoms with Gasteiger partial charge in [0.25, 0.3) is 5.91 Å². The molecule has 2 N–H and O–H groups in total. The van der Waals surface area contributed by atoms with Gasteiger partial charge in [0.2, 0.25) is 5.96 Å². The van der Waals surface area contributed by atoms with Crippen molar-refractivity contribution in [2.24, 2.45) is 4.99 Å². The van der Waals surface area contributed by atoms with Gasteiger partial charge in [0.05, 0.1) is 22.2 Å². The van der Waals surface area contributed by atoms with Crippen LogP contribution in [-0.2, 0) is 33.4 Å². The number of nitrogens with one attached hydrogen (secondary N) is 1. The number of ether oxygens (including phenoxy) is 3. The smallest absolute Gasteiger partial charge is 0.347 e. The molecular formula is C23H26BrN5O8. The molecule has 0 aliphatic carbocycles. The zero-order valence-electron chi connectivity index (χ0n) is 20.5. The highest BCUT2D eigenvalue weighted by atomic mass is 79.9. The molecule has 1 aromatic carbocycles. The number of hydrogen-bond acceptors (Lipinski definition) is 12. The Balaban J connectivity index is 1.73. The number of nitrogens with zero attached hydrogens (tertiary/aromatic N) is 4. The molecule has 3 rings (SSSR count). The minimum absolute atomic E-state index is 0.269. The molecule has 1 amide bonds. The second-order valence-electron chi connectivity index (χ2n) is 8.04. The summed E-state index contributed by atoms with van der Waals surface area (Å²) >= 11 is 3.49. The average Bonchev–Trinajstić information content (AvgIpc) is 3.39. The first-order chi connectivity index (χ1) is 17.5. The Bertz CT molecular complexity index is 1240. The number of aromatic nitrogens is 2. The van der Waals surface area contributed by atoms with Crippen molar-refractivity contribution in [3.05, 3.63) is 29.0 Å². The number of aliphatic hydroxyl groups is 1. The zero-order chi connectivity index (χ0) is 27.3. The zero-order valence-corrected chi connectivity index (χ0v) is 22.1. The number of anilines is 1. The minimum Gasteiger partial charge on any atom is -0.450 e. The molecule has 2 aromatic rings. The quantitative estimate of drug-likeness (QED) is 0.335. The Hall–Kier alpha value is -3.65. The monoisotopic (exact) mass is 579 g/mol. The van der Waals surface area contributed by atoms with Gasteiger partial charge in [-0.05, 0) is 55.8 Å². The Morgan fingerprint density at radius 3 is 2.14 bits per heavy atom. The summed E-state index contributed by atoms with van der Waals surface area (Å²) in [6.07, 6.45) is -2.43. The van der Waals surface area contributed by atoms with Crippen LogP contribution in [-0.4, -0.2) is 82.4 Å². The Morgan fingerprint density at radius 2 is 1.54 bits per heavy atom. The van der Waals surface area contributed by atoms with E-state index in [1.807, 2.05) is 0 Å². The number of aliphatic imine (C=N–C) groups is 1. The first kappa shape index (κ1) is 27.9. The third kappa shape index (κ3) is 6.57. The van der Waals surface area contributed by atoms with E-state index in [0.717, 1.165) is 0 Å². The summed E-state index contributed by atoms with van der Waals surface area (Å²) in [6, 6.07) is 3.36. The van der Waals surface area contributed by atoms with Crippen LogP contribution in [0.4, 0.5) is 5.69 Å². The predicted octanol–water partition coefficient (Wildman–Crippen LogP) is 0.860. The van der Waals surface area contributed by atoms with Crippen LogP contribution in [0.15, 0.2) is 34.0 Å². The number of carbonyl (C=O) groups excluding carboxylic acids is 4. The molecule has 4 unspecified atom stereocenters. The number of amides is 1. The van der Waals surface area contributed by atoms with Gasteiger partial charge in [-0.25, -0.2) is 19.3 Å². The summed E-state index contributed by atoms with van der Waals surface area (Å²) in [6.45, 7) is 6.00. The van der Waals surface area contributed by atoms with Gasteiger partial charge < -0.3 is 24.6 Å². The largest absolute Gasteiger partial charge is 0.450 e. The molecule has 0 bridgehead atoms. The lowest BCUT2D eigenvalue weighted by atomic mass is 10.2. The van der Waals surface area contributed by atoms with Gasteiger partial charge in [-0.1, -0.05) is 0 Å². The molecule has 0 saturated carbocycles. The number of fused-ring (bicyclic) bond motifs is 1. The van der Waals surface area contributed by atoms with E-state index >= 15 is 0 Å². The van der Waals surface area contributed by atoms with Gasteiger partial charge in [0, 0.05) is 18.9 Å². The van der Waals surface area contributed by atoms with E-state index in [-0.39, 0.29) is 5.96 Å². The second-order valence-corrected chi connectivity index (χ2v) is 8.83. The lowest BCUT2D eigenvalue weighted by Crippen LogP contribution is -2.49. The predicted molar refractivity (Wildman–Crippen MR) is 133 cm³/mol. The van der Waals surface area contributed by atoms with Gasteiger partial charge >= 0.3 is 17.9 Å². The normalized spacial score (nSPS) is 16.0. The SMILES string of the molecule is CC(O)C(=O)OC(C)C(=O)OC(C)C(=O)OC(C)C(=O)N(C1=NCCN1)c1ccc2nccnc2c1Br. The van der Waals surface area contributed by atoms with E-state index in [0.29, 0.717) is 34.3 Å². The van der Waals surface area contributed by atoms with E-state index in [9.17, 15) is 24.3 Å². The van der Waals surface area contributed by atoms with E-state index in [2.05, 4.69) is 36.2 Å². The second kappa shape index (κ2) is 12.1. The molecule has 198 valence electrons. The topological polar surface area (TPSA) is 170 Å². The molecule has 1 aliphatic heterocycles. The summed E-state index contributed by atoms with van der Waals surface area (Å²) < 4.78 is 15.5. The average molecular weight is 580 g/mol. The summed E-state index contributed by atoms with van der Waals surface area (Å²) in [7, 11) is 0. The van der Waals surface area contributed by atoms with Crippen LogP contribution in [0.25, 0.3) is 11.0 Å². The van der Waals surface area contributed by atoms with Crippen molar-refractivity contribution in [3.8, 4) is 0 Å². The maximum Gasteiger partial charge on any atom is 0.347 e. The summed E-state index contributed by atoms with van der Waals surface area (Å²) in [5, 5.41) is 12.2. The van der Waals surface area contributed by atoms with E-state index in [4.69, 9.17) is 14.2 Å². The lowest BCUT2D eigenvalue weighted by Gasteiger charge is -2.27. The van der Waals surface area contributed by atoms with Gasteiger partial charge in [0.1, 0.15) is 11.6 Å². The number of benzene rings is 1. The highest BCUT2D eigenvalue weighted by Crippen LogP contribution is 2.33. The fourth-order valence-corrected chi connectivity index (χ4v) is 3.79. The molecule has 37 heavy (non-hydrogen) atoms. The lowest BCUT2D eigenvalue weighted by molar-refractivity contribution is -0.181. The van der Waals surface area contributed by atoms with E-state index in [1.165, 1.54) is 38.8 Å². The summed E-state index contributed by atoms with van der Waals surface area (Å²) in [5.74, 6) is -3.39. The molecule has 0 spiro atoms. The molecule has 4 atom stereocenters. The van der Waals surface area contributed by atoms with Crippen LogP contribution in [0.2, 0.25) is 0 Å². The van der Waals surface area contributed by atoms with Gasteiger partial charge in [-0.3, -0.25) is 19.8 Å². The van der Waals surface area contributed by atoms with Crippen LogP contribution >= 0.6 is 15.9 Å². The van der Waals surface area contributed by atoms with Crippen molar-refractivity contribution in [2.45, 2.75) is 52.1 Å². The fraction of sp³-hybridized carbons (Fsp3) is 0.435. The van der Waals surface area contributed by atoms with Crippen LogP contribution in [0.1, 0.15) is 27.7 Å². The first-order valence-corrected chi connectivity index (χ1v) is 12.1. The van der Waals surface area contributed by atoms with Crippen LogP contribution in [0.3, 0.4) is 0 Å². The third-order valence-electron chi connectivity index (χ3n) is 5.12. The molecule has 0 radical (unpaired) electrons. The highest BCUT2D eigenvalue weighted by molar-refractivity contribution is 9.10. The Labute approximate surface area is 220 Å². The summed E-state index contributed by atoms with van der Waals surface area (Å²) in [5.41, 5.74) is 1.53. The molecule has 14 heteroatoms. The van der Waals surface area contributed by atoms with Crippen molar-refractivity contribution in [2.75, 3.05) is 18.0 Å². The van der Waals surface area contributed by atoms with Crippen LogP contribution in [0.5, 0.6) is 0 Å². The van der Waals surface area contributed by atoms with Crippen LogP contribution in [0, 0.1) is 0 Å². The Kier molecular flexibility index (Phi) is 9.10. The van der Waals surface area contributed by atoms with Crippen LogP contribution < -0.4 is 10.2 Å². The van der Waals surface area contributed by atoms with E-state index in [1.54, 1.807) is 18.3 Å². The van der Waals surface area contributed by atoms with Crippen molar-refractivity contribution in [3.63, 3.8) is 0 Å². The highest BCUT2D eigenvalue weighted by Gasteiger charge is 2.34. The maximum absolute atomic E-state index is 13.5. The molecule has 1 aromatic heterocycles. The molecular weight excluding hydrogens is 554 g/mol. The summed E-state index contributed by atoms with van der Waals surface area (Å²) in [4.78, 5) is 63.8. The van der Waals surface area contributed by atoms with E-state index < -0.39 is 48.2 Å². The number of hydrogen-bond donors (Lipinski definition) is 2. The minimum atomic E-state index is -1.43. The standard InChI is InChI=1S/C23H26BrN5O8/c1-11(30)20(32)36-13(3)22(34)37-14(4)21(33)35-12(2)19(31)29(23-27-9-10-28-23)16-6-5-15-18(17(16)24)26-8-7-25-15/h5-8,11-14,30H,9-10H2,1-4H3,(H,27,28). The number of rotatable bonds is 8. The molecule has 0 fully saturated rings. The number of esters is 3.